The molecule has 0 atom stereocenters. The highest BCUT2D eigenvalue weighted by Crippen LogP contribution is 2.22. The summed E-state index contributed by atoms with van der Waals surface area (Å²) in [5, 5.41) is 0. The Kier molecular flexibility index (Phi) is 5.69. The van der Waals surface area contributed by atoms with Crippen molar-refractivity contribution in [2.75, 3.05) is 13.7 Å². The van der Waals surface area contributed by atoms with E-state index in [1.165, 1.54) is 12.1 Å². The SMILES string of the molecule is COC(C)(C)CCOCc1c(F)ccc(Br)c1F. The van der Waals surface area contributed by atoms with E-state index in [0.717, 1.165) is 0 Å². The monoisotopic (exact) mass is 322 g/mol. The molecule has 5 heteroatoms. The number of rotatable bonds is 6. The van der Waals surface area contributed by atoms with Gasteiger partial charge in [0.05, 0.1) is 22.2 Å². The van der Waals surface area contributed by atoms with Crippen molar-refractivity contribution in [3.8, 4) is 0 Å². The summed E-state index contributed by atoms with van der Waals surface area (Å²) in [6, 6.07) is 2.55. The predicted octanol–water partition coefficient (Wildman–Crippen LogP) is 4.06. The molecule has 0 heterocycles. The third kappa shape index (κ3) is 4.30. The summed E-state index contributed by atoms with van der Waals surface area (Å²) in [6.45, 7) is 4.15. The minimum absolute atomic E-state index is 0.0559. The predicted molar refractivity (Wildman–Crippen MR) is 69.4 cm³/mol. The van der Waals surface area contributed by atoms with Gasteiger partial charge in [0.1, 0.15) is 11.6 Å². The summed E-state index contributed by atoms with van der Waals surface area (Å²) in [6.07, 6.45) is 0.654. The highest BCUT2D eigenvalue weighted by atomic mass is 79.9. The Hall–Kier alpha value is -0.520. The van der Waals surface area contributed by atoms with Crippen molar-refractivity contribution in [2.45, 2.75) is 32.5 Å². The molecule has 0 aliphatic heterocycles. The summed E-state index contributed by atoms with van der Waals surface area (Å²) in [7, 11) is 1.62. The van der Waals surface area contributed by atoms with Crippen molar-refractivity contribution in [1.82, 2.24) is 0 Å². The van der Waals surface area contributed by atoms with Crippen LogP contribution >= 0.6 is 15.9 Å². The maximum atomic E-state index is 13.6. The topological polar surface area (TPSA) is 18.5 Å². The quantitative estimate of drug-likeness (QED) is 0.581. The van der Waals surface area contributed by atoms with Crippen LogP contribution in [-0.4, -0.2) is 19.3 Å². The van der Waals surface area contributed by atoms with Gasteiger partial charge in [0.2, 0.25) is 0 Å². The van der Waals surface area contributed by atoms with E-state index in [2.05, 4.69) is 15.9 Å². The van der Waals surface area contributed by atoms with Crippen LogP contribution in [0.1, 0.15) is 25.8 Å². The Bertz CT molecular complexity index is 408. The number of methoxy groups -OCH3 is 1. The summed E-state index contributed by atoms with van der Waals surface area (Å²) >= 11 is 3.01. The molecule has 0 N–H and O–H groups in total. The summed E-state index contributed by atoms with van der Waals surface area (Å²) in [5.41, 5.74) is -0.353. The van der Waals surface area contributed by atoms with E-state index in [1.54, 1.807) is 7.11 Å². The van der Waals surface area contributed by atoms with Gasteiger partial charge in [-0.2, -0.15) is 0 Å². The van der Waals surface area contributed by atoms with Crippen LogP contribution in [0.4, 0.5) is 8.78 Å². The van der Waals surface area contributed by atoms with Crippen LogP contribution < -0.4 is 0 Å². The lowest BCUT2D eigenvalue weighted by Crippen LogP contribution is -2.24. The van der Waals surface area contributed by atoms with Crippen molar-refractivity contribution in [3.05, 3.63) is 33.8 Å². The molecule has 0 bridgehead atoms. The maximum Gasteiger partial charge on any atom is 0.145 e. The van der Waals surface area contributed by atoms with E-state index >= 15 is 0 Å². The molecule has 102 valence electrons. The fourth-order valence-electron chi connectivity index (χ4n) is 1.30. The van der Waals surface area contributed by atoms with Crippen LogP contribution in [0.25, 0.3) is 0 Å². The lowest BCUT2D eigenvalue weighted by molar-refractivity contribution is -0.0130. The first-order chi connectivity index (χ1) is 8.37. The number of hydrogen-bond donors (Lipinski definition) is 0. The van der Waals surface area contributed by atoms with Gasteiger partial charge in [-0.15, -0.1) is 0 Å². The Labute approximate surface area is 114 Å². The van der Waals surface area contributed by atoms with Crippen molar-refractivity contribution in [3.63, 3.8) is 0 Å². The molecule has 0 amide bonds. The van der Waals surface area contributed by atoms with Crippen LogP contribution in [0, 0.1) is 11.6 Å². The van der Waals surface area contributed by atoms with Gasteiger partial charge >= 0.3 is 0 Å². The molecular formula is C13H17BrF2O2. The molecule has 0 aliphatic carbocycles. The van der Waals surface area contributed by atoms with Gasteiger partial charge in [-0.1, -0.05) is 0 Å². The zero-order valence-electron chi connectivity index (χ0n) is 10.7. The second-order valence-electron chi connectivity index (χ2n) is 4.59. The molecule has 0 saturated heterocycles. The second kappa shape index (κ2) is 6.59. The molecule has 1 aromatic rings. The van der Waals surface area contributed by atoms with Crippen LogP contribution in [0.5, 0.6) is 0 Å². The molecule has 0 aliphatic rings. The molecule has 0 unspecified atom stereocenters. The smallest absolute Gasteiger partial charge is 0.145 e. The number of benzene rings is 1. The molecule has 1 aromatic carbocycles. The fraction of sp³-hybridized carbons (Fsp3) is 0.538. The highest BCUT2D eigenvalue weighted by Gasteiger charge is 2.17. The van der Waals surface area contributed by atoms with E-state index in [0.29, 0.717) is 13.0 Å². The van der Waals surface area contributed by atoms with E-state index < -0.39 is 11.6 Å². The molecule has 0 aromatic heterocycles. The lowest BCUT2D eigenvalue weighted by atomic mass is 10.1. The fourth-order valence-corrected chi connectivity index (χ4v) is 1.67. The van der Waals surface area contributed by atoms with Crippen LogP contribution in [-0.2, 0) is 16.1 Å². The Morgan fingerprint density at radius 1 is 1.28 bits per heavy atom. The van der Waals surface area contributed by atoms with E-state index in [9.17, 15) is 8.78 Å². The molecule has 1 rings (SSSR count). The molecule has 0 radical (unpaired) electrons. The first kappa shape index (κ1) is 15.5. The zero-order chi connectivity index (χ0) is 13.8. The van der Waals surface area contributed by atoms with Gasteiger partial charge in [0, 0.05) is 13.7 Å². The Morgan fingerprint density at radius 3 is 2.56 bits per heavy atom. The molecule has 2 nitrogen and oxygen atoms in total. The van der Waals surface area contributed by atoms with Crippen LogP contribution in [0.15, 0.2) is 16.6 Å². The third-order valence-corrected chi connectivity index (χ3v) is 3.40. The van der Waals surface area contributed by atoms with Gasteiger partial charge in [0.15, 0.2) is 0 Å². The minimum Gasteiger partial charge on any atom is -0.379 e. The first-order valence-electron chi connectivity index (χ1n) is 5.62. The average molecular weight is 323 g/mol. The molecule has 0 spiro atoms. The number of ether oxygens (including phenoxy) is 2. The average Bonchev–Trinajstić information content (AvgIpc) is 2.33. The van der Waals surface area contributed by atoms with E-state index in [-0.39, 0.29) is 22.2 Å². The third-order valence-electron chi connectivity index (χ3n) is 2.79. The molecular weight excluding hydrogens is 306 g/mol. The minimum atomic E-state index is -0.610. The molecule has 0 saturated carbocycles. The Morgan fingerprint density at radius 2 is 1.94 bits per heavy atom. The second-order valence-corrected chi connectivity index (χ2v) is 5.44. The maximum absolute atomic E-state index is 13.6. The van der Waals surface area contributed by atoms with Gasteiger partial charge in [-0.3, -0.25) is 0 Å². The number of hydrogen-bond acceptors (Lipinski definition) is 2. The normalized spacial score (nSPS) is 11.9. The number of halogens is 3. The molecule has 18 heavy (non-hydrogen) atoms. The van der Waals surface area contributed by atoms with Gasteiger partial charge in [-0.25, -0.2) is 8.78 Å². The van der Waals surface area contributed by atoms with Crippen molar-refractivity contribution in [1.29, 1.82) is 0 Å². The first-order valence-corrected chi connectivity index (χ1v) is 6.42. The van der Waals surface area contributed by atoms with Gasteiger partial charge in [0.25, 0.3) is 0 Å². The van der Waals surface area contributed by atoms with Gasteiger partial charge in [-0.05, 0) is 48.3 Å². The zero-order valence-corrected chi connectivity index (χ0v) is 12.3. The molecule has 0 fully saturated rings. The standard InChI is InChI=1S/C13H17BrF2O2/c1-13(2,17-3)6-7-18-8-9-11(15)5-4-10(14)12(9)16/h4-5H,6-8H2,1-3H3. The van der Waals surface area contributed by atoms with Crippen molar-refractivity contribution in [2.24, 2.45) is 0 Å². The van der Waals surface area contributed by atoms with Crippen molar-refractivity contribution >= 4 is 15.9 Å². The summed E-state index contributed by atoms with van der Waals surface area (Å²) in [4.78, 5) is 0. The van der Waals surface area contributed by atoms with E-state index in [1.807, 2.05) is 13.8 Å². The highest BCUT2D eigenvalue weighted by molar-refractivity contribution is 9.10. The van der Waals surface area contributed by atoms with Crippen molar-refractivity contribution < 1.29 is 18.3 Å². The van der Waals surface area contributed by atoms with Crippen LogP contribution in [0.2, 0.25) is 0 Å². The van der Waals surface area contributed by atoms with E-state index in [4.69, 9.17) is 9.47 Å². The Balaban J connectivity index is 2.52. The summed E-state index contributed by atoms with van der Waals surface area (Å²) < 4.78 is 37.7. The van der Waals surface area contributed by atoms with Gasteiger partial charge < -0.3 is 9.47 Å². The lowest BCUT2D eigenvalue weighted by Gasteiger charge is -2.22. The largest absolute Gasteiger partial charge is 0.379 e. The van der Waals surface area contributed by atoms with Crippen LogP contribution in [0.3, 0.4) is 0 Å². The summed E-state index contributed by atoms with van der Waals surface area (Å²) in [5.74, 6) is -1.21.